The van der Waals surface area contributed by atoms with Gasteiger partial charge in [-0.15, -0.1) is 11.3 Å². The van der Waals surface area contributed by atoms with Crippen molar-refractivity contribution in [2.75, 3.05) is 0 Å². The first-order valence-electron chi connectivity index (χ1n) is 7.85. The molecule has 3 nitrogen and oxygen atoms in total. The SMILES string of the molecule is CCc1ccc(/C(C)=N/NC(=O)c2ccc(C(C)(C)C)cc2)s1. The van der Waals surface area contributed by atoms with E-state index in [1.165, 1.54) is 10.4 Å². The molecule has 2 aromatic rings. The lowest BCUT2D eigenvalue weighted by Gasteiger charge is -2.18. The Bertz CT molecular complexity index is 706. The summed E-state index contributed by atoms with van der Waals surface area (Å²) in [5, 5.41) is 4.22. The van der Waals surface area contributed by atoms with Gasteiger partial charge in [0.1, 0.15) is 0 Å². The van der Waals surface area contributed by atoms with Crippen LogP contribution in [0.25, 0.3) is 0 Å². The van der Waals surface area contributed by atoms with E-state index in [4.69, 9.17) is 0 Å². The molecule has 0 saturated heterocycles. The highest BCUT2D eigenvalue weighted by molar-refractivity contribution is 7.14. The minimum atomic E-state index is -0.183. The summed E-state index contributed by atoms with van der Waals surface area (Å²) < 4.78 is 0. The summed E-state index contributed by atoms with van der Waals surface area (Å²) in [7, 11) is 0. The molecule has 0 unspecified atom stereocenters. The fraction of sp³-hybridized carbons (Fsp3) is 0.368. The van der Waals surface area contributed by atoms with Crippen LogP contribution in [0.15, 0.2) is 41.5 Å². The summed E-state index contributed by atoms with van der Waals surface area (Å²) in [6.07, 6.45) is 1.02. The number of hydrogen-bond donors (Lipinski definition) is 1. The third-order valence-electron chi connectivity index (χ3n) is 3.70. The fourth-order valence-corrected chi connectivity index (χ4v) is 3.03. The Morgan fingerprint density at radius 3 is 2.30 bits per heavy atom. The number of nitrogens with zero attached hydrogens (tertiary/aromatic N) is 1. The number of aryl methyl sites for hydroxylation is 1. The summed E-state index contributed by atoms with van der Waals surface area (Å²) in [4.78, 5) is 14.6. The molecular weight excluding hydrogens is 304 g/mol. The number of thiophene rings is 1. The average molecular weight is 328 g/mol. The van der Waals surface area contributed by atoms with Gasteiger partial charge in [0.15, 0.2) is 0 Å². The van der Waals surface area contributed by atoms with Crippen LogP contribution in [-0.2, 0) is 11.8 Å². The zero-order chi connectivity index (χ0) is 17.0. The monoisotopic (exact) mass is 328 g/mol. The summed E-state index contributed by atoms with van der Waals surface area (Å²) in [6.45, 7) is 10.5. The van der Waals surface area contributed by atoms with Gasteiger partial charge < -0.3 is 0 Å². The Morgan fingerprint density at radius 1 is 1.13 bits per heavy atom. The van der Waals surface area contributed by atoms with Gasteiger partial charge in [-0.25, -0.2) is 5.43 Å². The molecule has 0 bridgehead atoms. The number of hydrogen-bond acceptors (Lipinski definition) is 3. The molecule has 1 aromatic heterocycles. The standard InChI is InChI=1S/C19H24N2OS/c1-6-16-11-12-17(23-16)13(2)20-21-18(22)14-7-9-15(10-8-14)19(3,4)5/h7-12H,6H2,1-5H3,(H,21,22)/b20-13+. The lowest BCUT2D eigenvalue weighted by molar-refractivity contribution is 0.0955. The number of carbonyl (C=O) groups excluding carboxylic acids is 1. The maximum absolute atomic E-state index is 12.2. The highest BCUT2D eigenvalue weighted by atomic mass is 32.1. The first-order chi connectivity index (χ1) is 10.8. The third kappa shape index (κ3) is 4.52. The molecular formula is C19H24N2OS. The Balaban J connectivity index is 2.05. The van der Waals surface area contributed by atoms with Crippen molar-refractivity contribution in [2.45, 2.75) is 46.5 Å². The predicted molar refractivity (Wildman–Crippen MR) is 98.5 cm³/mol. The van der Waals surface area contributed by atoms with Gasteiger partial charge in [-0.2, -0.15) is 5.10 Å². The molecule has 0 aliphatic carbocycles. The topological polar surface area (TPSA) is 41.5 Å². The van der Waals surface area contributed by atoms with Crippen molar-refractivity contribution in [2.24, 2.45) is 5.10 Å². The second kappa shape index (κ2) is 7.09. The van der Waals surface area contributed by atoms with Crippen molar-refractivity contribution in [1.82, 2.24) is 5.43 Å². The fourth-order valence-electron chi connectivity index (χ4n) is 2.14. The smallest absolute Gasteiger partial charge is 0.267 e. The number of hydrazone groups is 1. The number of benzene rings is 1. The summed E-state index contributed by atoms with van der Waals surface area (Å²) in [5.74, 6) is -0.183. The second-order valence-corrected chi connectivity index (χ2v) is 7.75. The van der Waals surface area contributed by atoms with Gasteiger partial charge in [-0.05, 0) is 48.6 Å². The maximum atomic E-state index is 12.2. The van der Waals surface area contributed by atoms with Gasteiger partial charge in [0.05, 0.1) is 10.6 Å². The van der Waals surface area contributed by atoms with Gasteiger partial charge in [0.2, 0.25) is 0 Å². The van der Waals surface area contributed by atoms with E-state index in [1.807, 2.05) is 37.3 Å². The number of nitrogens with one attached hydrogen (secondary N) is 1. The lowest BCUT2D eigenvalue weighted by atomic mass is 9.87. The molecule has 0 fully saturated rings. The van der Waals surface area contributed by atoms with Crippen LogP contribution in [0, 0.1) is 0 Å². The molecule has 23 heavy (non-hydrogen) atoms. The molecule has 1 heterocycles. The van der Waals surface area contributed by atoms with E-state index in [2.05, 4.69) is 44.3 Å². The quantitative estimate of drug-likeness (QED) is 0.638. The lowest BCUT2D eigenvalue weighted by Crippen LogP contribution is -2.19. The Hall–Kier alpha value is -1.94. The van der Waals surface area contributed by atoms with Crippen LogP contribution in [0.2, 0.25) is 0 Å². The van der Waals surface area contributed by atoms with E-state index in [1.54, 1.807) is 11.3 Å². The van der Waals surface area contributed by atoms with E-state index in [0.717, 1.165) is 17.0 Å². The summed E-state index contributed by atoms with van der Waals surface area (Å²) >= 11 is 1.71. The van der Waals surface area contributed by atoms with Gasteiger partial charge in [-0.1, -0.05) is 39.8 Å². The predicted octanol–water partition coefficient (Wildman–Crippen LogP) is 4.76. The number of rotatable bonds is 4. The molecule has 0 aliphatic heterocycles. The molecule has 122 valence electrons. The highest BCUT2D eigenvalue weighted by Crippen LogP contribution is 2.22. The molecule has 0 radical (unpaired) electrons. The molecule has 1 aromatic carbocycles. The highest BCUT2D eigenvalue weighted by Gasteiger charge is 2.14. The summed E-state index contributed by atoms with van der Waals surface area (Å²) in [5.41, 5.74) is 5.38. The Labute approximate surface area is 142 Å². The molecule has 0 atom stereocenters. The van der Waals surface area contributed by atoms with Crippen LogP contribution in [0.1, 0.15) is 60.3 Å². The van der Waals surface area contributed by atoms with E-state index in [-0.39, 0.29) is 11.3 Å². The summed E-state index contributed by atoms with van der Waals surface area (Å²) in [6, 6.07) is 11.8. The van der Waals surface area contributed by atoms with Gasteiger partial charge in [-0.3, -0.25) is 4.79 Å². The third-order valence-corrected chi connectivity index (χ3v) is 5.04. The molecule has 0 saturated carbocycles. The Morgan fingerprint density at radius 2 is 1.78 bits per heavy atom. The van der Waals surface area contributed by atoms with Crippen LogP contribution in [0.4, 0.5) is 0 Å². The van der Waals surface area contributed by atoms with E-state index in [0.29, 0.717) is 5.56 Å². The second-order valence-electron chi connectivity index (χ2n) is 6.59. The zero-order valence-electron chi connectivity index (χ0n) is 14.4. The van der Waals surface area contributed by atoms with Crippen LogP contribution in [-0.4, -0.2) is 11.6 Å². The van der Waals surface area contributed by atoms with Crippen LogP contribution < -0.4 is 5.43 Å². The van der Waals surface area contributed by atoms with E-state index >= 15 is 0 Å². The van der Waals surface area contributed by atoms with E-state index in [9.17, 15) is 4.79 Å². The van der Waals surface area contributed by atoms with Gasteiger partial charge >= 0.3 is 0 Å². The van der Waals surface area contributed by atoms with Crippen LogP contribution >= 0.6 is 11.3 Å². The largest absolute Gasteiger partial charge is 0.271 e. The first-order valence-corrected chi connectivity index (χ1v) is 8.67. The van der Waals surface area contributed by atoms with Gasteiger partial charge in [0, 0.05) is 10.4 Å². The van der Waals surface area contributed by atoms with Crippen LogP contribution in [0.3, 0.4) is 0 Å². The average Bonchev–Trinajstić information content (AvgIpc) is 3.00. The minimum Gasteiger partial charge on any atom is -0.267 e. The first kappa shape index (κ1) is 17.4. The molecule has 1 N–H and O–H groups in total. The van der Waals surface area contributed by atoms with Gasteiger partial charge in [0.25, 0.3) is 5.91 Å². The van der Waals surface area contributed by atoms with Crippen LogP contribution in [0.5, 0.6) is 0 Å². The van der Waals surface area contributed by atoms with Crippen molar-refractivity contribution < 1.29 is 4.79 Å². The molecule has 2 rings (SSSR count). The molecule has 4 heteroatoms. The number of carbonyl (C=O) groups is 1. The normalized spacial score (nSPS) is 12.3. The number of amides is 1. The maximum Gasteiger partial charge on any atom is 0.271 e. The zero-order valence-corrected chi connectivity index (χ0v) is 15.3. The molecule has 0 aliphatic rings. The van der Waals surface area contributed by atoms with E-state index < -0.39 is 0 Å². The molecule has 0 spiro atoms. The minimum absolute atomic E-state index is 0.0832. The van der Waals surface area contributed by atoms with Crippen molar-refractivity contribution in [1.29, 1.82) is 0 Å². The van der Waals surface area contributed by atoms with Crippen molar-refractivity contribution >= 4 is 23.0 Å². The van der Waals surface area contributed by atoms with Crippen molar-refractivity contribution in [3.8, 4) is 0 Å². The van der Waals surface area contributed by atoms with Crippen molar-refractivity contribution in [3.05, 3.63) is 57.3 Å². The Kier molecular flexibility index (Phi) is 5.37. The van der Waals surface area contributed by atoms with Crippen molar-refractivity contribution in [3.63, 3.8) is 0 Å². The molecule has 1 amide bonds.